The second-order valence-corrected chi connectivity index (χ2v) is 4.52. The van der Waals surface area contributed by atoms with E-state index in [0.29, 0.717) is 12.0 Å². The van der Waals surface area contributed by atoms with Crippen molar-refractivity contribution < 1.29 is 28.9 Å². The minimum absolute atomic E-state index is 0.103. The van der Waals surface area contributed by atoms with Crippen molar-refractivity contribution >= 4 is 11.9 Å². The lowest BCUT2D eigenvalue weighted by molar-refractivity contribution is -0.144. The highest BCUT2D eigenvalue weighted by atomic mass is 16.6. The van der Waals surface area contributed by atoms with E-state index in [4.69, 9.17) is 9.47 Å². The lowest BCUT2D eigenvalue weighted by atomic mass is 9.83. The summed E-state index contributed by atoms with van der Waals surface area (Å²) in [4.78, 5) is 22.5. The van der Waals surface area contributed by atoms with Gasteiger partial charge >= 0.3 is 11.9 Å². The maximum Gasteiger partial charge on any atom is 0.337 e. The lowest BCUT2D eigenvalue weighted by Gasteiger charge is -2.31. The highest BCUT2D eigenvalue weighted by molar-refractivity contribution is 5.89. The van der Waals surface area contributed by atoms with Crippen molar-refractivity contribution in [1.29, 1.82) is 0 Å². The number of ether oxygens (including phenoxy) is 3. The Balaban J connectivity index is 2.14. The van der Waals surface area contributed by atoms with Gasteiger partial charge in [0.05, 0.1) is 24.9 Å². The molecule has 0 unspecified atom stereocenters. The Bertz CT molecular complexity index is 450. The Morgan fingerprint density at radius 3 is 2.89 bits per heavy atom. The third-order valence-electron chi connectivity index (χ3n) is 3.40. The Kier molecular flexibility index (Phi) is 3.90. The van der Waals surface area contributed by atoms with Crippen molar-refractivity contribution in [3.05, 3.63) is 23.5 Å². The number of hydrogen-bond acceptors (Lipinski definition) is 6. The molecule has 2 rings (SSSR count). The summed E-state index contributed by atoms with van der Waals surface area (Å²) in [6.45, 7) is 1.42. The molecule has 19 heavy (non-hydrogen) atoms. The summed E-state index contributed by atoms with van der Waals surface area (Å²) in [5.74, 6) is -1.43. The van der Waals surface area contributed by atoms with Crippen LogP contribution in [0.1, 0.15) is 13.3 Å². The largest absolute Gasteiger partial charge is 0.472 e. The van der Waals surface area contributed by atoms with Crippen LogP contribution in [-0.4, -0.2) is 37.1 Å². The first kappa shape index (κ1) is 13.6. The second-order valence-electron chi connectivity index (χ2n) is 4.52. The molecule has 6 heteroatoms. The van der Waals surface area contributed by atoms with Gasteiger partial charge in [-0.05, 0) is 12.0 Å². The van der Waals surface area contributed by atoms with E-state index in [1.165, 1.54) is 20.3 Å². The van der Waals surface area contributed by atoms with E-state index in [9.17, 15) is 14.7 Å². The van der Waals surface area contributed by atoms with Crippen molar-refractivity contribution in [3.8, 4) is 0 Å². The van der Waals surface area contributed by atoms with Gasteiger partial charge in [-0.1, -0.05) is 6.08 Å². The zero-order chi connectivity index (χ0) is 14.0. The van der Waals surface area contributed by atoms with Gasteiger partial charge in [-0.2, -0.15) is 0 Å². The summed E-state index contributed by atoms with van der Waals surface area (Å²) in [7, 11) is 1.30. The molecule has 104 valence electrons. The van der Waals surface area contributed by atoms with Gasteiger partial charge in [0.2, 0.25) is 6.29 Å². The first-order valence-electron chi connectivity index (χ1n) is 5.98. The molecule has 1 N–H and O–H groups in total. The molecule has 3 atom stereocenters. The molecule has 0 aromatic rings. The number of carbonyl (C=O) groups is 2. The predicted molar refractivity (Wildman–Crippen MR) is 63.5 cm³/mol. The molecule has 0 aromatic heterocycles. The fourth-order valence-corrected chi connectivity index (χ4v) is 2.49. The lowest BCUT2D eigenvalue weighted by Crippen LogP contribution is -2.35. The predicted octanol–water partition coefficient (Wildman–Crippen LogP) is 0.517. The van der Waals surface area contributed by atoms with Gasteiger partial charge in [0.1, 0.15) is 6.61 Å². The molecular weight excluding hydrogens is 252 g/mol. The summed E-state index contributed by atoms with van der Waals surface area (Å²) in [6, 6.07) is 0. The average Bonchev–Trinajstić information content (AvgIpc) is 2.81. The number of aliphatic hydroxyl groups is 1. The summed E-state index contributed by atoms with van der Waals surface area (Å²) < 4.78 is 14.7. The fraction of sp³-hybridized carbons (Fsp3) is 0.538. The van der Waals surface area contributed by atoms with Crippen molar-refractivity contribution in [2.45, 2.75) is 19.6 Å². The number of hydrogen-bond donors (Lipinski definition) is 1. The number of fused-ring (bicyclic) bond motifs is 1. The van der Waals surface area contributed by atoms with E-state index < -0.39 is 12.3 Å². The van der Waals surface area contributed by atoms with Gasteiger partial charge < -0.3 is 19.3 Å². The van der Waals surface area contributed by atoms with Crippen molar-refractivity contribution in [1.82, 2.24) is 0 Å². The molecule has 1 heterocycles. The molecule has 1 aliphatic heterocycles. The van der Waals surface area contributed by atoms with Crippen LogP contribution in [0, 0.1) is 11.8 Å². The van der Waals surface area contributed by atoms with Crippen LogP contribution < -0.4 is 0 Å². The molecule has 0 amide bonds. The Morgan fingerprint density at radius 1 is 1.53 bits per heavy atom. The standard InChI is InChI=1S/C13H16O6/c1-7(14)18-5-8-3-4-9-10(12(15)17-2)6-19-13(16)11(8)9/h3,6,9,11,13,16H,4-5H2,1-2H3/t9-,11-,13-/m1/s1. The van der Waals surface area contributed by atoms with Gasteiger partial charge in [0.15, 0.2) is 0 Å². The molecule has 0 bridgehead atoms. The van der Waals surface area contributed by atoms with Crippen LogP contribution in [-0.2, 0) is 23.8 Å². The Labute approximate surface area is 110 Å². The van der Waals surface area contributed by atoms with E-state index in [-0.39, 0.29) is 24.4 Å². The molecule has 0 fully saturated rings. The van der Waals surface area contributed by atoms with Crippen molar-refractivity contribution in [3.63, 3.8) is 0 Å². The molecule has 0 spiro atoms. The number of allylic oxidation sites excluding steroid dienone is 1. The second kappa shape index (κ2) is 5.44. The van der Waals surface area contributed by atoms with Crippen LogP contribution >= 0.6 is 0 Å². The zero-order valence-electron chi connectivity index (χ0n) is 10.8. The Morgan fingerprint density at radius 2 is 2.26 bits per heavy atom. The molecule has 1 aliphatic carbocycles. The van der Waals surface area contributed by atoms with E-state index in [0.717, 1.165) is 5.57 Å². The number of carbonyl (C=O) groups excluding carboxylic acids is 2. The van der Waals surface area contributed by atoms with Crippen LogP contribution in [0.4, 0.5) is 0 Å². The molecule has 0 saturated carbocycles. The smallest absolute Gasteiger partial charge is 0.337 e. The molecule has 0 aromatic carbocycles. The van der Waals surface area contributed by atoms with Crippen LogP contribution in [0.2, 0.25) is 0 Å². The van der Waals surface area contributed by atoms with Crippen LogP contribution in [0.15, 0.2) is 23.5 Å². The molecule has 2 aliphatic rings. The highest BCUT2D eigenvalue weighted by Gasteiger charge is 2.43. The SMILES string of the molecule is COC(=O)C1=CO[C@@H](O)[C@@H]2C(COC(C)=O)=CC[C@H]12. The van der Waals surface area contributed by atoms with Gasteiger partial charge in [-0.3, -0.25) is 4.79 Å². The number of rotatable bonds is 3. The van der Waals surface area contributed by atoms with E-state index in [1.54, 1.807) is 0 Å². The first-order chi connectivity index (χ1) is 9.04. The normalized spacial score (nSPS) is 28.7. The number of aliphatic hydroxyl groups excluding tert-OH is 1. The average molecular weight is 268 g/mol. The van der Waals surface area contributed by atoms with Crippen LogP contribution in [0.5, 0.6) is 0 Å². The van der Waals surface area contributed by atoms with Crippen LogP contribution in [0.25, 0.3) is 0 Å². The number of methoxy groups -OCH3 is 1. The minimum atomic E-state index is -1.04. The summed E-state index contributed by atoms with van der Waals surface area (Å²) in [5.41, 5.74) is 1.16. The molecular formula is C13H16O6. The monoisotopic (exact) mass is 268 g/mol. The third kappa shape index (κ3) is 2.63. The molecule has 6 nitrogen and oxygen atoms in total. The third-order valence-corrected chi connectivity index (χ3v) is 3.40. The summed E-state index contributed by atoms with van der Waals surface area (Å²) in [5, 5.41) is 9.89. The Hall–Kier alpha value is -1.82. The van der Waals surface area contributed by atoms with E-state index >= 15 is 0 Å². The summed E-state index contributed by atoms with van der Waals surface area (Å²) >= 11 is 0. The van der Waals surface area contributed by atoms with Crippen LogP contribution in [0.3, 0.4) is 0 Å². The fourth-order valence-electron chi connectivity index (χ4n) is 2.49. The summed E-state index contributed by atoms with van der Waals surface area (Å²) in [6.07, 6.45) is 2.67. The maximum atomic E-state index is 11.6. The minimum Gasteiger partial charge on any atom is -0.472 e. The van der Waals surface area contributed by atoms with Crippen molar-refractivity contribution in [2.75, 3.05) is 13.7 Å². The topological polar surface area (TPSA) is 82.1 Å². The first-order valence-corrected chi connectivity index (χ1v) is 5.98. The highest BCUT2D eigenvalue weighted by Crippen LogP contribution is 2.42. The van der Waals surface area contributed by atoms with Gasteiger partial charge in [0, 0.05) is 12.8 Å². The zero-order valence-corrected chi connectivity index (χ0v) is 10.8. The molecule has 0 radical (unpaired) electrons. The van der Waals surface area contributed by atoms with Gasteiger partial charge in [0.25, 0.3) is 0 Å². The van der Waals surface area contributed by atoms with E-state index in [1.807, 2.05) is 6.08 Å². The van der Waals surface area contributed by atoms with Gasteiger partial charge in [-0.15, -0.1) is 0 Å². The number of esters is 2. The maximum absolute atomic E-state index is 11.6. The molecule has 0 saturated heterocycles. The van der Waals surface area contributed by atoms with E-state index in [2.05, 4.69) is 4.74 Å². The van der Waals surface area contributed by atoms with Gasteiger partial charge in [-0.25, -0.2) is 4.79 Å². The van der Waals surface area contributed by atoms with Crippen molar-refractivity contribution in [2.24, 2.45) is 11.8 Å². The quantitative estimate of drug-likeness (QED) is 0.593.